The summed E-state index contributed by atoms with van der Waals surface area (Å²) in [5, 5.41) is 0. The van der Waals surface area contributed by atoms with Crippen LogP contribution in [0.2, 0.25) is 0 Å². The minimum atomic E-state index is 0.929. The van der Waals surface area contributed by atoms with Gasteiger partial charge in [-0.05, 0) is 38.0 Å². The summed E-state index contributed by atoms with van der Waals surface area (Å²) < 4.78 is 0. The highest BCUT2D eigenvalue weighted by Crippen LogP contribution is 2.12. The fraction of sp³-hybridized carbons (Fsp3) is 0.333. The van der Waals surface area contributed by atoms with E-state index in [2.05, 4.69) is 26.0 Å². The Morgan fingerprint density at radius 3 is 2.56 bits per heavy atom. The monoisotopic (exact) mass is 118 g/mol. The molecule has 0 heterocycles. The van der Waals surface area contributed by atoms with Gasteiger partial charge in [0, 0.05) is 0 Å². The fourth-order valence-corrected chi connectivity index (χ4v) is 0.734. The molecule has 0 saturated heterocycles. The van der Waals surface area contributed by atoms with Crippen molar-refractivity contribution in [1.82, 2.24) is 0 Å². The first-order chi connectivity index (χ1) is 4.30. The third-order valence-electron chi connectivity index (χ3n) is 1.34. The lowest BCUT2D eigenvalue weighted by atomic mass is 10.0. The Hall–Kier alpha value is -0.780. The van der Waals surface area contributed by atoms with Crippen LogP contribution in [0.5, 0.6) is 0 Å². The Morgan fingerprint density at radius 2 is 2.22 bits per heavy atom. The first-order valence-corrected chi connectivity index (χ1v) is 3.12. The van der Waals surface area contributed by atoms with Gasteiger partial charge in [0.1, 0.15) is 0 Å². The van der Waals surface area contributed by atoms with Crippen LogP contribution < -0.4 is 0 Å². The molecule has 46 valence electrons. The quantitative estimate of drug-likeness (QED) is 0.458. The minimum absolute atomic E-state index is 0.929. The van der Waals surface area contributed by atoms with Crippen molar-refractivity contribution < 1.29 is 0 Å². The van der Waals surface area contributed by atoms with Crippen LogP contribution in [0.1, 0.15) is 20.3 Å². The topological polar surface area (TPSA) is 0 Å². The van der Waals surface area contributed by atoms with Crippen molar-refractivity contribution in [2.75, 3.05) is 0 Å². The molecule has 0 aromatic rings. The normalized spacial score (nSPS) is 16.4. The minimum Gasteiger partial charge on any atom is -0.0723 e. The van der Waals surface area contributed by atoms with Gasteiger partial charge >= 0.3 is 0 Å². The van der Waals surface area contributed by atoms with Crippen LogP contribution >= 0.6 is 0 Å². The van der Waals surface area contributed by atoms with Crippen molar-refractivity contribution in [2.24, 2.45) is 0 Å². The van der Waals surface area contributed by atoms with E-state index in [4.69, 9.17) is 0 Å². The SMILES string of the molecule is CC(C)=C1[C]=CC=[C]C1. The van der Waals surface area contributed by atoms with Gasteiger partial charge in [-0.1, -0.05) is 17.7 Å². The molecule has 0 bridgehead atoms. The summed E-state index contributed by atoms with van der Waals surface area (Å²) in [6.45, 7) is 4.20. The van der Waals surface area contributed by atoms with Crippen molar-refractivity contribution >= 4 is 0 Å². The highest BCUT2D eigenvalue weighted by Gasteiger charge is 1.94. The van der Waals surface area contributed by atoms with Gasteiger partial charge in [0.2, 0.25) is 0 Å². The highest BCUT2D eigenvalue weighted by atomic mass is 14.0. The first kappa shape index (κ1) is 6.34. The molecule has 0 unspecified atom stereocenters. The molecule has 9 heavy (non-hydrogen) atoms. The maximum absolute atomic E-state index is 3.16. The van der Waals surface area contributed by atoms with Gasteiger partial charge in [0.15, 0.2) is 0 Å². The van der Waals surface area contributed by atoms with Gasteiger partial charge in [-0.25, -0.2) is 0 Å². The highest BCUT2D eigenvalue weighted by molar-refractivity contribution is 5.25. The molecule has 0 amide bonds. The zero-order valence-corrected chi connectivity index (χ0v) is 5.86. The van der Waals surface area contributed by atoms with Crippen LogP contribution in [0.4, 0.5) is 0 Å². The van der Waals surface area contributed by atoms with Crippen molar-refractivity contribution in [3.05, 3.63) is 35.5 Å². The summed E-state index contributed by atoms with van der Waals surface area (Å²) in [4.78, 5) is 0. The average Bonchev–Trinajstić information content (AvgIpc) is 1.90. The first-order valence-electron chi connectivity index (χ1n) is 3.12. The third-order valence-corrected chi connectivity index (χ3v) is 1.34. The molecule has 0 aromatic carbocycles. The van der Waals surface area contributed by atoms with Crippen LogP contribution in [0.3, 0.4) is 0 Å². The van der Waals surface area contributed by atoms with E-state index in [1.54, 1.807) is 0 Å². The molecular formula is C9H10. The number of rotatable bonds is 0. The molecule has 2 radical (unpaired) electrons. The molecule has 0 saturated carbocycles. The fourth-order valence-electron chi connectivity index (χ4n) is 0.734. The van der Waals surface area contributed by atoms with Crippen LogP contribution in [0.25, 0.3) is 0 Å². The zero-order valence-electron chi connectivity index (χ0n) is 5.86. The number of hydrogen-bond acceptors (Lipinski definition) is 0. The maximum Gasteiger partial charge on any atom is -0.00174 e. The molecule has 0 aliphatic heterocycles. The van der Waals surface area contributed by atoms with E-state index in [-0.39, 0.29) is 0 Å². The summed E-state index contributed by atoms with van der Waals surface area (Å²) in [6.07, 6.45) is 11.0. The molecular weight excluding hydrogens is 108 g/mol. The lowest BCUT2D eigenvalue weighted by Crippen LogP contribution is -1.84. The molecule has 0 nitrogen and oxygen atoms in total. The Morgan fingerprint density at radius 1 is 1.44 bits per heavy atom. The van der Waals surface area contributed by atoms with E-state index in [9.17, 15) is 0 Å². The van der Waals surface area contributed by atoms with Gasteiger partial charge < -0.3 is 0 Å². The summed E-state index contributed by atoms with van der Waals surface area (Å²) in [5.41, 5.74) is 2.62. The van der Waals surface area contributed by atoms with E-state index in [0.29, 0.717) is 0 Å². The van der Waals surface area contributed by atoms with Gasteiger partial charge in [-0.15, -0.1) is 0 Å². The predicted molar refractivity (Wildman–Crippen MR) is 38.6 cm³/mol. The second-order valence-corrected chi connectivity index (χ2v) is 2.34. The molecule has 0 heteroatoms. The molecule has 0 fully saturated rings. The standard InChI is InChI=1S/C9H10/c1-8(2)9-6-4-3-5-7-9/h3-4H,7H2,1-2H3. The number of allylic oxidation sites excluding steroid dienone is 6. The predicted octanol–water partition coefficient (Wildman–Crippen LogP) is 2.45. The summed E-state index contributed by atoms with van der Waals surface area (Å²) in [6, 6.07) is 0. The van der Waals surface area contributed by atoms with Crippen molar-refractivity contribution in [3.8, 4) is 0 Å². The van der Waals surface area contributed by atoms with Gasteiger partial charge in [0.25, 0.3) is 0 Å². The van der Waals surface area contributed by atoms with E-state index >= 15 is 0 Å². The van der Waals surface area contributed by atoms with Crippen LogP contribution in [-0.4, -0.2) is 0 Å². The smallest absolute Gasteiger partial charge is 0.00174 e. The Labute approximate surface area is 56.6 Å². The van der Waals surface area contributed by atoms with Crippen LogP contribution in [0.15, 0.2) is 23.3 Å². The lowest BCUT2D eigenvalue weighted by molar-refractivity contribution is 1.14. The van der Waals surface area contributed by atoms with Crippen LogP contribution in [0, 0.1) is 12.2 Å². The summed E-state index contributed by atoms with van der Waals surface area (Å²) in [5.74, 6) is 0. The van der Waals surface area contributed by atoms with E-state index < -0.39 is 0 Å². The Bertz CT molecular complexity index is 176. The molecule has 1 aliphatic carbocycles. The molecule has 0 atom stereocenters. The van der Waals surface area contributed by atoms with E-state index in [1.165, 1.54) is 11.1 Å². The van der Waals surface area contributed by atoms with Crippen molar-refractivity contribution in [2.45, 2.75) is 20.3 Å². The Kier molecular flexibility index (Phi) is 1.88. The average molecular weight is 118 g/mol. The Balaban J connectivity index is 2.78. The summed E-state index contributed by atoms with van der Waals surface area (Å²) in [7, 11) is 0. The number of hydrogen-bond donors (Lipinski definition) is 0. The molecule has 0 spiro atoms. The maximum atomic E-state index is 3.16. The van der Waals surface area contributed by atoms with Gasteiger partial charge in [0.05, 0.1) is 0 Å². The largest absolute Gasteiger partial charge is 0.0723 e. The van der Waals surface area contributed by atoms with E-state index in [1.807, 2.05) is 12.2 Å². The molecule has 1 aliphatic rings. The van der Waals surface area contributed by atoms with Crippen molar-refractivity contribution in [3.63, 3.8) is 0 Å². The molecule has 0 N–H and O–H groups in total. The van der Waals surface area contributed by atoms with Gasteiger partial charge in [-0.3, -0.25) is 0 Å². The molecule has 1 rings (SSSR count). The summed E-state index contributed by atoms with van der Waals surface area (Å²) >= 11 is 0. The van der Waals surface area contributed by atoms with Gasteiger partial charge in [-0.2, -0.15) is 0 Å². The zero-order chi connectivity index (χ0) is 6.69. The van der Waals surface area contributed by atoms with Crippen molar-refractivity contribution in [1.29, 1.82) is 0 Å². The van der Waals surface area contributed by atoms with E-state index in [0.717, 1.165) is 6.42 Å². The second-order valence-electron chi connectivity index (χ2n) is 2.34. The molecule has 0 aromatic heterocycles. The third kappa shape index (κ3) is 1.56. The lowest BCUT2D eigenvalue weighted by Gasteiger charge is -2.01. The van der Waals surface area contributed by atoms with Crippen LogP contribution in [-0.2, 0) is 0 Å². The second kappa shape index (κ2) is 2.67.